The lowest BCUT2D eigenvalue weighted by atomic mass is 10.3. The molecule has 2 nitrogen and oxygen atoms in total. The summed E-state index contributed by atoms with van der Waals surface area (Å²) < 4.78 is 12.8. The second-order valence-electron chi connectivity index (χ2n) is 3.42. The lowest BCUT2D eigenvalue weighted by Gasteiger charge is -2.02. The van der Waals surface area contributed by atoms with Crippen molar-refractivity contribution >= 4 is 17.2 Å². The predicted molar refractivity (Wildman–Crippen MR) is 65.2 cm³/mol. The first-order valence-electron chi connectivity index (χ1n) is 5.22. The van der Waals surface area contributed by atoms with Gasteiger partial charge < -0.3 is 5.32 Å². The fourth-order valence-corrected chi connectivity index (χ4v) is 2.29. The molecule has 4 heteroatoms. The number of aryl methyl sites for hydroxylation is 1. The van der Waals surface area contributed by atoms with E-state index >= 15 is 0 Å². The van der Waals surface area contributed by atoms with Crippen molar-refractivity contribution in [2.75, 3.05) is 5.32 Å². The van der Waals surface area contributed by atoms with Crippen LogP contribution in [0.15, 0.2) is 30.3 Å². The summed E-state index contributed by atoms with van der Waals surface area (Å²) in [6.45, 7) is 2.83. The van der Waals surface area contributed by atoms with Crippen LogP contribution in [0.1, 0.15) is 16.7 Å². The highest BCUT2D eigenvalue weighted by Crippen LogP contribution is 2.17. The van der Waals surface area contributed by atoms with Gasteiger partial charge in [-0.05, 0) is 30.7 Å². The summed E-state index contributed by atoms with van der Waals surface area (Å²) in [5, 5.41) is 3.10. The number of halogens is 1. The van der Waals surface area contributed by atoms with Crippen molar-refractivity contribution in [2.24, 2.45) is 0 Å². The minimum atomic E-state index is -0.453. The largest absolute Gasteiger partial charge is 0.365 e. The molecule has 2 heterocycles. The second-order valence-corrected chi connectivity index (χ2v) is 4.67. The lowest BCUT2D eigenvalue weighted by Crippen LogP contribution is -2.00. The first kappa shape index (κ1) is 11.1. The van der Waals surface area contributed by atoms with Gasteiger partial charge in [0.2, 0.25) is 5.95 Å². The van der Waals surface area contributed by atoms with Crippen LogP contribution in [0.4, 0.5) is 10.2 Å². The van der Waals surface area contributed by atoms with Crippen molar-refractivity contribution < 1.29 is 4.39 Å². The van der Waals surface area contributed by atoms with Gasteiger partial charge in [0.1, 0.15) is 5.82 Å². The highest BCUT2D eigenvalue weighted by Gasteiger charge is 2.00. The number of hydrogen-bond donors (Lipinski definition) is 1. The van der Waals surface area contributed by atoms with E-state index in [0.29, 0.717) is 12.4 Å². The van der Waals surface area contributed by atoms with E-state index in [1.165, 1.54) is 15.8 Å². The zero-order chi connectivity index (χ0) is 11.4. The van der Waals surface area contributed by atoms with E-state index in [0.717, 1.165) is 6.42 Å². The fourth-order valence-electron chi connectivity index (χ4n) is 1.39. The van der Waals surface area contributed by atoms with Crippen molar-refractivity contribution in [1.82, 2.24) is 4.98 Å². The van der Waals surface area contributed by atoms with Crippen molar-refractivity contribution in [3.63, 3.8) is 0 Å². The van der Waals surface area contributed by atoms with Crippen molar-refractivity contribution in [3.8, 4) is 0 Å². The third kappa shape index (κ3) is 2.79. The molecule has 2 aromatic heterocycles. The second kappa shape index (κ2) is 5.07. The SMILES string of the molecule is CCc1ccc(CNc2cccc(F)n2)s1. The molecule has 84 valence electrons. The Kier molecular flexibility index (Phi) is 3.51. The monoisotopic (exact) mass is 236 g/mol. The molecule has 0 fully saturated rings. The fraction of sp³-hybridized carbons (Fsp3) is 0.250. The van der Waals surface area contributed by atoms with Gasteiger partial charge in [-0.2, -0.15) is 4.39 Å². The van der Waals surface area contributed by atoms with Gasteiger partial charge in [-0.3, -0.25) is 0 Å². The van der Waals surface area contributed by atoms with Crippen LogP contribution < -0.4 is 5.32 Å². The van der Waals surface area contributed by atoms with Gasteiger partial charge in [-0.15, -0.1) is 11.3 Å². The van der Waals surface area contributed by atoms with Gasteiger partial charge in [0.15, 0.2) is 0 Å². The molecule has 0 saturated carbocycles. The summed E-state index contributed by atoms with van der Waals surface area (Å²) in [4.78, 5) is 6.35. The zero-order valence-electron chi connectivity index (χ0n) is 9.03. The number of rotatable bonds is 4. The average Bonchev–Trinajstić information content (AvgIpc) is 2.74. The molecule has 2 aromatic rings. The van der Waals surface area contributed by atoms with E-state index in [4.69, 9.17) is 0 Å². The van der Waals surface area contributed by atoms with Crippen LogP contribution in [-0.2, 0) is 13.0 Å². The average molecular weight is 236 g/mol. The van der Waals surface area contributed by atoms with Gasteiger partial charge in [0, 0.05) is 9.75 Å². The van der Waals surface area contributed by atoms with Gasteiger partial charge in [-0.1, -0.05) is 13.0 Å². The molecular weight excluding hydrogens is 223 g/mol. The number of thiophene rings is 1. The minimum Gasteiger partial charge on any atom is -0.365 e. The van der Waals surface area contributed by atoms with Crippen LogP contribution in [0.5, 0.6) is 0 Å². The number of anilines is 1. The molecule has 0 aliphatic carbocycles. The van der Waals surface area contributed by atoms with E-state index in [2.05, 4.69) is 29.4 Å². The Morgan fingerprint density at radius 2 is 2.06 bits per heavy atom. The summed E-state index contributed by atoms with van der Waals surface area (Å²) >= 11 is 1.77. The molecule has 0 aliphatic heterocycles. The van der Waals surface area contributed by atoms with Crippen molar-refractivity contribution in [2.45, 2.75) is 19.9 Å². The first-order valence-corrected chi connectivity index (χ1v) is 6.03. The highest BCUT2D eigenvalue weighted by molar-refractivity contribution is 7.12. The Labute approximate surface area is 98.2 Å². The molecule has 0 unspecified atom stereocenters. The van der Waals surface area contributed by atoms with Crippen LogP contribution in [0, 0.1) is 5.95 Å². The standard InChI is InChI=1S/C12H13FN2S/c1-2-9-6-7-10(16-9)8-14-12-5-3-4-11(13)15-12/h3-7H,2,8H2,1H3,(H,14,15). The third-order valence-corrected chi connectivity index (χ3v) is 3.45. The van der Waals surface area contributed by atoms with E-state index in [1.54, 1.807) is 23.5 Å². The number of nitrogens with zero attached hydrogens (tertiary/aromatic N) is 1. The molecule has 0 aromatic carbocycles. The molecule has 0 saturated heterocycles. The molecule has 2 rings (SSSR count). The summed E-state index contributed by atoms with van der Waals surface area (Å²) in [5.74, 6) is 0.122. The molecule has 1 N–H and O–H groups in total. The predicted octanol–water partition coefficient (Wildman–Crippen LogP) is 3.46. The maximum Gasteiger partial charge on any atom is 0.214 e. The smallest absolute Gasteiger partial charge is 0.214 e. The number of nitrogens with one attached hydrogen (secondary N) is 1. The normalized spacial score (nSPS) is 10.4. The van der Waals surface area contributed by atoms with E-state index < -0.39 is 5.95 Å². The molecule has 0 spiro atoms. The summed E-state index contributed by atoms with van der Waals surface area (Å²) in [7, 11) is 0. The Hall–Kier alpha value is -1.42. The molecular formula is C12H13FN2S. The third-order valence-electron chi connectivity index (χ3n) is 2.22. The van der Waals surface area contributed by atoms with Gasteiger partial charge in [0.05, 0.1) is 6.54 Å². The quantitative estimate of drug-likeness (QED) is 0.822. The van der Waals surface area contributed by atoms with Gasteiger partial charge >= 0.3 is 0 Å². The van der Waals surface area contributed by atoms with E-state index in [9.17, 15) is 4.39 Å². The Bertz CT molecular complexity index is 468. The Balaban J connectivity index is 1.96. The molecule has 0 atom stereocenters. The van der Waals surface area contributed by atoms with Crippen LogP contribution in [0.3, 0.4) is 0 Å². The van der Waals surface area contributed by atoms with E-state index in [-0.39, 0.29) is 0 Å². The number of hydrogen-bond acceptors (Lipinski definition) is 3. The van der Waals surface area contributed by atoms with Gasteiger partial charge in [-0.25, -0.2) is 4.98 Å². The van der Waals surface area contributed by atoms with Crippen LogP contribution in [0.25, 0.3) is 0 Å². The van der Waals surface area contributed by atoms with Crippen LogP contribution >= 0.6 is 11.3 Å². The van der Waals surface area contributed by atoms with Crippen molar-refractivity contribution in [3.05, 3.63) is 46.0 Å². The Morgan fingerprint density at radius 3 is 2.75 bits per heavy atom. The molecule has 0 radical (unpaired) electrons. The van der Waals surface area contributed by atoms with Crippen LogP contribution in [-0.4, -0.2) is 4.98 Å². The zero-order valence-corrected chi connectivity index (χ0v) is 9.85. The molecule has 0 bridgehead atoms. The number of aromatic nitrogens is 1. The Morgan fingerprint density at radius 1 is 1.25 bits per heavy atom. The lowest BCUT2D eigenvalue weighted by molar-refractivity contribution is 0.585. The van der Waals surface area contributed by atoms with Crippen molar-refractivity contribution in [1.29, 1.82) is 0 Å². The molecule has 0 aliphatic rings. The summed E-state index contributed by atoms with van der Waals surface area (Å²) in [6, 6.07) is 8.97. The first-order chi connectivity index (χ1) is 7.78. The van der Waals surface area contributed by atoms with Gasteiger partial charge in [0.25, 0.3) is 0 Å². The summed E-state index contributed by atoms with van der Waals surface area (Å²) in [6.07, 6.45) is 1.06. The van der Waals surface area contributed by atoms with Crippen LogP contribution in [0.2, 0.25) is 0 Å². The number of pyridine rings is 1. The topological polar surface area (TPSA) is 24.9 Å². The van der Waals surface area contributed by atoms with E-state index in [1.807, 2.05) is 0 Å². The minimum absolute atomic E-state index is 0.453. The highest BCUT2D eigenvalue weighted by atomic mass is 32.1. The molecule has 0 amide bonds. The maximum atomic E-state index is 12.8. The summed E-state index contributed by atoms with van der Waals surface area (Å²) in [5.41, 5.74) is 0. The maximum absolute atomic E-state index is 12.8. The molecule has 16 heavy (non-hydrogen) atoms.